The van der Waals surface area contributed by atoms with Gasteiger partial charge in [-0.2, -0.15) is 0 Å². The van der Waals surface area contributed by atoms with E-state index >= 15 is 0 Å². The summed E-state index contributed by atoms with van der Waals surface area (Å²) in [4.78, 5) is 16.6. The van der Waals surface area contributed by atoms with E-state index in [1.807, 2.05) is 36.4 Å². The van der Waals surface area contributed by atoms with Crippen LogP contribution in [0.4, 0.5) is 10.2 Å². The Bertz CT molecular complexity index is 1040. The largest absolute Gasteiger partial charge is 0.481 e. The minimum atomic E-state index is -0.647. The summed E-state index contributed by atoms with van der Waals surface area (Å²) in [6.07, 6.45) is -0.647. The lowest BCUT2D eigenvalue weighted by atomic mass is 10.1. The standard InChI is InChI=1S/C23H22ClFN4O2/c1-16(31-18-8-6-17(25)7-9-18)23(30)29-14-12-28(13-15-29)22-11-10-21(26-27-22)19-4-2-3-5-20(19)24/h2-11,16H,12-15H2,1H3. The van der Waals surface area contributed by atoms with Crippen LogP contribution >= 0.6 is 11.6 Å². The van der Waals surface area contributed by atoms with E-state index in [2.05, 4.69) is 15.1 Å². The van der Waals surface area contributed by atoms with E-state index in [1.54, 1.807) is 11.8 Å². The Kier molecular flexibility index (Phi) is 6.32. The molecule has 0 radical (unpaired) electrons. The van der Waals surface area contributed by atoms with Gasteiger partial charge in [0.2, 0.25) is 0 Å². The highest BCUT2D eigenvalue weighted by atomic mass is 35.5. The molecule has 6 nitrogen and oxygen atoms in total. The highest BCUT2D eigenvalue weighted by Gasteiger charge is 2.26. The topological polar surface area (TPSA) is 58.6 Å². The quantitative estimate of drug-likeness (QED) is 0.599. The molecule has 1 fully saturated rings. The number of carbonyl (C=O) groups excluding carboxylic acids is 1. The van der Waals surface area contributed by atoms with Crippen LogP contribution < -0.4 is 9.64 Å². The molecule has 31 heavy (non-hydrogen) atoms. The Labute approximate surface area is 185 Å². The third-order valence-electron chi connectivity index (χ3n) is 5.19. The number of amides is 1. The van der Waals surface area contributed by atoms with Crippen molar-refractivity contribution < 1.29 is 13.9 Å². The van der Waals surface area contributed by atoms with E-state index in [9.17, 15) is 9.18 Å². The van der Waals surface area contributed by atoms with Crippen LogP contribution in [-0.4, -0.2) is 53.3 Å². The highest BCUT2D eigenvalue weighted by molar-refractivity contribution is 6.33. The van der Waals surface area contributed by atoms with Crippen molar-refractivity contribution in [3.05, 3.63) is 71.5 Å². The first-order valence-electron chi connectivity index (χ1n) is 10.1. The Balaban J connectivity index is 1.33. The van der Waals surface area contributed by atoms with Gasteiger partial charge in [0.25, 0.3) is 5.91 Å². The van der Waals surface area contributed by atoms with Gasteiger partial charge in [0, 0.05) is 31.7 Å². The fourth-order valence-corrected chi connectivity index (χ4v) is 3.72. The van der Waals surface area contributed by atoms with E-state index in [1.165, 1.54) is 24.3 Å². The molecule has 1 aliphatic rings. The van der Waals surface area contributed by atoms with Gasteiger partial charge < -0.3 is 14.5 Å². The van der Waals surface area contributed by atoms with Crippen LogP contribution in [0.5, 0.6) is 5.75 Å². The number of carbonyl (C=O) groups is 1. The highest BCUT2D eigenvalue weighted by Crippen LogP contribution is 2.26. The van der Waals surface area contributed by atoms with Gasteiger partial charge in [0.1, 0.15) is 11.6 Å². The van der Waals surface area contributed by atoms with Crippen LogP contribution in [-0.2, 0) is 4.79 Å². The minimum absolute atomic E-state index is 0.0934. The summed E-state index contributed by atoms with van der Waals surface area (Å²) in [6.45, 7) is 4.12. The minimum Gasteiger partial charge on any atom is -0.481 e. The Morgan fingerprint density at radius 3 is 2.35 bits per heavy atom. The molecule has 0 aliphatic carbocycles. The van der Waals surface area contributed by atoms with Gasteiger partial charge in [-0.05, 0) is 49.4 Å². The van der Waals surface area contributed by atoms with Gasteiger partial charge in [-0.3, -0.25) is 4.79 Å². The van der Waals surface area contributed by atoms with Gasteiger partial charge in [0.05, 0.1) is 10.7 Å². The van der Waals surface area contributed by atoms with Crippen LogP contribution in [0.25, 0.3) is 11.3 Å². The third kappa shape index (κ3) is 4.94. The number of benzene rings is 2. The molecule has 1 aliphatic heterocycles. The number of anilines is 1. The van der Waals surface area contributed by atoms with Crippen molar-refractivity contribution in [3.63, 3.8) is 0 Å². The maximum atomic E-state index is 13.0. The van der Waals surface area contributed by atoms with Crippen LogP contribution in [0.1, 0.15) is 6.92 Å². The first-order valence-corrected chi connectivity index (χ1v) is 10.4. The summed E-state index contributed by atoms with van der Waals surface area (Å²) in [5.74, 6) is 0.794. The lowest BCUT2D eigenvalue weighted by Gasteiger charge is -2.36. The van der Waals surface area contributed by atoms with Gasteiger partial charge in [-0.25, -0.2) is 4.39 Å². The lowest BCUT2D eigenvalue weighted by Crippen LogP contribution is -2.52. The molecule has 1 unspecified atom stereocenters. The van der Waals surface area contributed by atoms with Crippen LogP contribution in [0.15, 0.2) is 60.7 Å². The summed E-state index contributed by atoms with van der Waals surface area (Å²) in [5, 5.41) is 9.30. The van der Waals surface area contributed by atoms with Crippen molar-refractivity contribution in [3.8, 4) is 17.0 Å². The van der Waals surface area contributed by atoms with Crippen molar-refractivity contribution in [2.45, 2.75) is 13.0 Å². The Morgan fingerprint density at radius 2 is 1.71 bits per heavy atom. The molecule has 1 aromatic heterocycles. The monoisotopic (exact) mass is 440 g/mol. The molecule has 1 atom stereocenters. The molecule has 1 amide bonds. The molecule has 0 bridgehead atoms. The summed E-state index contributed by atoms with van der Waals surface area (Å²) in [6, 6.07) is 17.0. The molecule has 0 spiro atoms. The zero-order valence-corrected chi connectivity index (χ0v) is 17.8. The Hall–Kier alpha value is -3.19. The van der Waals surface area contributed by atoms with Crippen molar-refractivity contribution in [2.24, 2.45) is 0 Å². The van der Waals surface area contributed by atoms with Crippen molar-refractivity contribution in [1.82, 2.24) is 15.1 Å². The smallest absolute Gasteiger partial charge is 0.263 e. The van der Waals surface area contributed by atoms with Crippen LogP contribution in [0.2, 0.25) is 5.02 Å². The van der Waals surface area contributed by atoms with E-state index in [4.69, 9.17) is 16.3 Å². The summed E-state index contributed by atoms with van der Waals surface area (Å²) in [7, 11) is 0. The molecule has 0 saturated carbocycles. The number of rotatable bonds is 5. The average molecular weight is 441 g/mol. The van der Waals surface area contributed by atoms with Crippen molar-refractivity contribution >= 4 is 23.3 Å². The number of hydrogen-bond acceptors (Lipinski definition) is 5. The van der Waals surface area contributed by atoms with E-state index in [0.717, 1.165) is 17.1 Å². The summed E-state index contributed by atoms with van der Waals surface area (Å²) < 4.78 is 18.7. The third-order valence-corrected chi connectivity index (χ3v) is 5.52. The first-order chi connectivity index (χ1) is 15.0. The molecular formula is C23H22ClFN4O2. The lowest BCUT2D eigenvalue weighted by molar-refractivity contribution is -0.138. The molecule has 2 heterocycles. The zero-order valence-electron chi connectivity index (χ0n) is 17.0. The summed E-state index contributed by atoms with van der Waals surface area (Å²) in [5.41, 5.74) is 1.56. The predicted octanol–water partition coefficient (Wildman–Crippen LogP) is 4.05. The molecular weight excluding hydrogens is 419 g/mol. The van der Waals surface area contributed by atoms with E-state index in [-0.39, 0.29) is 11.7 Å². The molecule has 4 rings (SSSR count). The maximum absolute atomic E-state index is 13.0. The normalized spacial score (nSPS) is 14.9. The first kappa shape index (κ1) is 21.1. The molecule has 8 heteroatoms. The molecule has 2 aromatic carbocycles. The summed E-state index contributed by atoms with van der Waals surface area (Å²) >= 11 is 6.23. The van der Waals surface area contributed by atoms with Crippen molar-refractivity contribution in [1.29, 1.82) is 0 Å². The molecule has 3 aromatic rings. The molecule has 1 saturated heterocycles. The number of halogens is 2. The molecule has 160 valence electrons. The van der Waals surface area contributed by atoms with Gasteiger partial charge in [-0.15, -0.1) is 10.2 Å². The average Bonchev–Trinajstić information content (AvgIpc) is 2.81. The van der Waals surface area contributed by atoms with Crippen LogP contribution in [0, 0.1) is 5.82 Å². The fourth-order valence-electron chi connectivity index (χ4n) is 3.49. The second-order valence-electron chi connectivity index (χ2n) is 7.28. The zero-order chi connectivity index (χ0) is 21.8. The Morgan fingerprint density at radius 1 is 1.00 bits per heavy atom. The maximum Gasteiger partial charge on any atom is 0.263 e. The van der Waals surface area contributed by atoms with E-state index in [0.29, 0.717) is 37.0 Å². The van der Waals surface area contributed by atoms with Gasteiger partial charge >= 0.3 is 0 Å². The number of aromatic nitrogens is 2. The van der Waals surface area contributed by atoms with Crippen LogP contribution in [0.3, 0.4) is 0 Å². The van der Waals surface area contributed by atoms with Crippen molar-refractivity contribution in [2.75, 3.05) is 31.1 Å². The number of ether oxygens (including phenoxy) is 1. The predicted molar refractivity (Wildman–Crippen MR) is 118 cm³/mol. The fraction of sp³-hybridized carbons (Fsp3) is 0.261. The van der Waals surface area contributed by atoms with Gasteiger partial charge in [0.15, 0.2) is 11.9 Å². The molecule has 0 N–H and O–H groups in total. The second kappa shape index (κ2) is 9.31. The number of hydrogen-bond donors (Lipinski definition) is 0. The number of nitrogens with zero attached hydrogens (tertiary/aromatic N) is 4. The SMILES string of the molecule is CC(Oc1ccc(F)cc1)C(=O)N1CCN(c2ccc(-c3ccccc3Cl)nn2)CC1. The van der Waals surface area contributed by atoms with E-state index < -0.39 is 6.10 Å². The second-order valence-corrected chi connectivity index (χ2v) is 7.69. The van der Waals surface area contributed by atoms with Gasteiger partial charge in [-0.1, -0.05) is 29.8 Å². The number of piperazine rings is 1.